The van der Waals surface area contributed by atoms with Gasteiger partial charge in [0.2, 0.25) is 0 Å². The van der Waals surface area contributed by atoms with Gasteiger partial charge >= 0.3 is 5.97 Å². The highest BCUT2D eigenvalue weighted by molar-refractivity contribution is 5.82. The molecule has 1 aliphatic carbocycles. The summed E-state index contributed by atoms with van der Waals surface area (Å²) >= 11 is 0. The lowest BCUT2D eigenvalue weighted by atomic mass is 9.87. The van der Waals surface area contributed by atoms with E-state index in [1.807, 2.05) is 0 Å². The molecule has 1 fully saturated rings. The summed E-state index contributed by atoms with van der Waals surface area (Å²) in [6.45, 7) is 5.94. The lowest BCUT2D eigenvalue weighted by Crippen LogP contribution is -2.26. The Kier molecular flexibility index (Phi) is 4.07. The van der Waals surface area contributed by atoms with Crippen molar-refractivity contribution in [2.75, 3.05) is 0 Å². The molecule has 0 radical (unpaired) electrons. The van der Waals surface area contributed by atoms with E-state index in [-0.39, 0.29) is 0 Å². The molecule has 0 aliphatic heterocycles. The van der Waals surface area contributed by atoms with Crippen molar-refractivity contribution in [3.05, 3.63) is 46.5 Å². The van der Waals surface area contributed by atoms with Gasteiger partial charge in [-0.25, -0.2) is 17.6 Å². The van der Waals surface area contributed by atoms with Crippen molar-refractivity contribution in [1.82, 2.24) is 0 Å². The van der Waals surface area contributed by atoms with Gasteiger partial charge in [0.15, 0.2) is 23.3 Å². The normalized spacial score (nSPS) is 25.8. The molecule has 126 valence electrons. The summed E-state index contributed by atoms with van der Waals surface area (Å²) in [5.41, 5.74) is -3.90. The molecule has 0 saturated heterocycles. The van der Waals surface area contributed by atoms with Crippen LogP contribution in [0, 0.1) is 46.9 Å². The van der Waals surface area contributed by atoms with Crippen LogP contribution in [0.1, 0.15) is 31.9 Å². The first-order valence-electron chi connectivity index (χ1n) is 7.21. The van der Waals surface area contributed by atoms with Crippen LogP contribution in [0.2, 0.25) is 0 Å². The minimum Gasteiger partial charge on any atom is -0.481 e. The summed E-state index contributed by atoms with van der Waals surface area (Å²) in [5.74, 6) is -7.75. The van der Waals surface area contributed by atoms with Crippen LogP contribution in [0.3, 0.4) is 0 Å². The van der Waals surface area contributed by atoms with Gasteiger partial charge in [-0.2, -0.15) is 0 Å². The molecule has 0 spiro atoms. The molecule has 1 aromatic carbocycles. The smallest absolute Gasteiger partial charge is 0.311 e. The topological polar surface area (TPSA) is 37.3 Å². The summed E-state index contributed by atoms with van der Waals surface area (Å²) in [4.78, 5) is 11.8. The number of aliphatic carboxylic acids is 1. The van der Waals surface area contributed by atoms with Gasteiger partial charge in [-0.05, 0) is 31.6 Å². The molecule has 0 aromatic heterocycles. The van der Waals surface area contributed by atoms with Crippen LogP contribution in [0.5, 0.6) is 0 Å². The zero-order valence-corrected chi connectivity index (χ0v) is 13.3. The molecule has 2 atom stereocenters. The molecule has 1 aromatic rings. The van der Waals surface area contributed by atoms with Gasteiger partial charge in [0, 0.05) is 11.1 Å². The van der Waals surface area contributed by atoms with Gasteiger partial charge in [0.25, 0.3) is 0 Å². The first-order chi connectivity index (χ1) is 10.5. The number of carbonyl (C=O) groups is 1. The molecule has 2 nitrogen and oxygen atoms in total. The monoisotopic (exact) mass is 330 g/mol. The number of allylic oxidation sites excluding steroid dienone is 2. The third-order valence-corrected chi connectivity index (χ3v) is 5.17. The molecule has 0 bridgehead atoms. The third-order valence-electron chi connectivity index (χ3n) is 5.17. The Hall–Kier alpha value is -1.85. The Labute approximate surface area is 131 Å². The van der Waals surface area contributed by atoms with Crippen molar-refractivity contribution in [3.8, 4) is 0 Å². The average molecular weight is 330 g/mol. The maximum Gasteiger partial charge on any atom is 0.311 e. The summed E-state index contributed by atoms with van der Waals surface area (Å²) in [5, 5.41) is 9.61. The van der Waals surface area contributed by atoms with Crippen LogP contribution in [0.25, 0.3) is 0 Å². The van der Waals surface area contributed by atoms with E-state index in [4.69, 9.17) is 0 Å². The van der Waals surface area contributed by atoms with Gasteiger partial charge in [0.1, 0.15) is 0 Å². The number of benzene rings is 1. The lowest BCUT2D eigenvalue weighted by molar-refractivity contribution is -0.145. The van der Waals surface area contributed by atoms with Crippen LogP contribution < -0.4 is 0 Å². The van der Waals surface area contributed by atoms with Crippen LogP contribution >= 0.6 is 0 Å². The Bertz CT molecular complexity index is 680. The molecule has 0 amide bonds. The standard InChI is InChI=1S/C17H18F4O2/c1-5-6-10-16(3,4)17(10,15(22)23)7-9-13(20)11(18)8(2)12(19)14(9)21/h5-6,10H,7H2,1-4H3,(H,22,23)/t10?,17-/m0/s1. The average Bonchev–Trinajstić information content (AvgIpc) is 2.96. The number of hydrogen-bond acceptors (Lipinski definition) is 1. The van der Waals surface area contributed by atoms with Crippen molar-refractivity contribution in [1.29, 1.82) is 0 Å². The molecule has 23 heavy (non-hydrogen) atoms. The molecule has 1 N–H and O–H groups in total. The minimum absolute atomic E-state index is 0.483. The second-order valence-electron chi connectivity index (χ2n) is 6.54. The first-order valence-corrected chi connectivity index (χ1v) is 7.21. The number of halogens is 4. The van der Waals surface area contributed by atoms with E-state index in [1.54, 1.807) is 32.9 Å². The number of hydrogen-bond donors (Lipinski definition) is 1. The SMILES string of the molecule is CC=CC1C(C)(C)[C@]1(Cc1c(F)c(F)c(C)c(F)c1F)C(=O)O. The van der Waals surface area contributed by atoms with Gasteiger partial charge in [-0.3, -0.25) is 4.79 Å². The van der Waals surface area contributed by atoms with Crippen molar-refractivity contribution >= 4 is 5.97 Å². The highest BCUT2D eigenvalue weighted by atomic mass is 19.2. The van der Waals surface area contributed by atoms with Gasteiger partial charge in [-0.15, -0.1) is 0 Å². The fourth-order valence-electron chi connectivity index (χ4n) is 3.54. The molecule has 1 saturated carbocycles. The highest BCUT2D eigenvalue weighted by Gasteiger charge is 2.74. The Morgan fingerprint density at radius 3 is 2.00 bits per heavy atom. The van der Waals surface area contributed by atoms with E-state index < -0.39 is 63.5 Å². The molecule has 6 heteroatoms. The lowest BCUT2D eigenvalue weighted by Gasteiger charge is -2.17. The first kappa shape index (κ1) is 17.5. The molecule has 1 unspecified atom stereocenters. The van der Waals surface area contributed by atoms with E-state index in [1.165, 1.54) is 0 Å². The van der Waals surface area contributed by atoms with E-state index in [2.05, 4.69) is 0 Å². The summed E-state index contributed by atoms with van der Waals surface area (Å²) in [7, 11) is 0. The highest BCUT2D eigenvalue weighted by Crippen LogP contribution is 2.71. The molecule has 1 aliphatic rings. The Morgan fingerprint density at radius 1 is 1.13 bits per heavy atom. The fourth-order valence-corrected chi connectivity index (χ4v) is 3.54. The van der Waals surface area contributed by atoms with Crippen molar-refractivity contribution < 1.29 is 27.5 Å². The Morgan fingerprint density at radius 2 is 1.61 bits per heavy atom. The fraction of sp³-hybridized carbons (Fsp3) is 0.471. The van der Waals surface area contributed by atoms with E-state index in [0.29, 0.717) is 0 Å². The van der Waals surface area contributed by atoms with Crippen LogP contribution in [-0.2, 0) is 11.2 Å². The van der Waals surface area contributed by atoms with Crippen LogP contribution in [-0.4, -0.2) is 11.1 Å². The Balaban J connectivity index is 2.60. The zero-order chi connectivity index (χ0) is 17.7. The summed E-state index contributed by atoms with van der Waals surface area (Å²) in [6.07, 6.45) is 2.68. The van der Waals surface area contributed by atoms with E-state index >= 15 is 0 Å². The van der Waals surface area contributed by atoms with Crippen molar-refractivity contribution in [3.63, 3.8) is 0 Å². The second kappa shape index (κ2) is 5.35. The predicted molar refractivity (Wildman–Crippen MR) is 76.9 cm³/mol. The van der Waals surface area contributed by atoms with Gasteiger partial charge in [0.05, 0.1) is 5.41 Å². The van der Waals surface area contributed by atoms with E-state index in [0.717, 1.165) is 6.92 Å². The van der Waals surface area contributed by atoms with Gasteiger partial charge < -0.3 is 5.11 Å². The van der Waals surface area contributed by atoms with Crippen molar-refractivity contribution in [2.24, 2.45) is 16.7 Å². The maximum atomic E-state index is 14.1. The third kappa shape index (κ3) is 2.18. The number of rotatable bonds is 4. The number of carboxylic acid groups (broad SMARTS) is 1. The molecular weight excluding hydrogens is 312 g/mol. The second-order valence-corrected chi connectivity index (χ2v) is 6.54. The maximum absolute atomic E-state index is 14.1. The van der Waals surface area contributed by atoms with E-state index in [9.17, 15) is 27.5 Å². The molecule has 2 rings (SSSR count). The molecular formula is C17H18F4O2. The van der Waals surface area contributed by atoms with Crippen LogP contribution in [0.4, 0.5) is 17.6 Å². The van der Waals surface area contributed by atoms with Crippen LogP contribution in [0.15, 0.2) is 12.2 Å². The number of carboxylic acids is 1. The largest absolute Gasteiger partial charge is 0.481 e. The van der Waals surface area contributed by atoms with Gasteiger partial charge in [-0.1, -0.05) is 26.0 Å². The van der Waals surface area contributed by atoms with Crippen molar-refractivity contribution in [2.45, 2.75) is 34.1 Å². The zero-order valence-electron chi connectivity index (χ0n) is 13.3. The summed E-state index contributed by atoms with van der Waals surface area (Å²) < 4.78 is 55.6. The molecule has 0 heterocycles. The quantitative estimate of drug-likeness (QED) is 0.505. The summed E-state index contributed by atoms with van der Waals surface area (Å²) in [6, 6.07) is 0. The minimum atomic E-state index is -1.52. The predicted octanol–water partition coefficient (Wildman–Crippen LogP) is 4.40.